The van der Waals surface area contributed by atoms with Gasteiger partial charge in [-0.25, -0.2) is 24.3 Å². The van der Waals surface area contributed by atoms with E-state index in [1.54, 1.807) is 4.40 Å². The van der Waals surface area contributed by atoms with E-state index in [0.717, 1.165) is 76.6 Å². The highest BCUT2D eigenvalue weighted by Gasteiger charge is 2.18. The van der Waals surface area contributed by atoms with Crippen molar-refractivity contribution in [1.82, 2.24) is 24.3 Å². The Balaban J connectivity index is 1.04. The van der Waals surface area contributed by atoms with Gasteiger partial charge in [0.2, 0.25) is 0 Å². The predicted molar refractivity (Wildman–Crippen MR) is 222 cm³/mol. The summed E-state index contributed by atoms with van der Waals surface area (Å²) in [6.45, 7) is 0. The van der Waals surface area contributed by atoms with Gasteiger partial charge >= 0.3 is 0 Å². The van der Waals surface area contributed by atoms with Gasteiger partial charge < -0.3 is 4.42 Å². The van der Waals surface area contributed by atoms with Gasteiger partial charge in [0.1, 0.15) is 11.2 Å². The highest BCUT2D eigenvalue weighted by Crippen LogP contribution is 2.40. The molecule has 11 rings (SSSR count). The number of rotatable bonds is 5. The van der Waals surface area contributed by atoms with Gasteiger partial charge in [-0.3, -0.25) is 4.79 Å². The molecule has 0 saturated heterocycles. The molecule has 0 fully saturated rings. The van der Waals surface area contributed by atoms with Crippen molar-refractivity contribution in [2.75, 3.05) is 0 Å². The minimum Gasteiger partial charge on any atom is -0.456 e. The van der Waals surface area contributed by atoms with E-state index in [9.17, 15) is 4.79 Å². The van der Waals surface area contributed by atoms with Gasteiger partial charge in [-0.05, 0) is 70.8 Å². The second-order valence-electron chi connectivity index (χ2n) is 13.4. The maximum absolute atomic E-state index is 13.7. The van der Waals surface area contributed by atoms with Crippen molar-refractivity contribution in [2.24, 2.45) is 0 Å². The van der Waals surface area contributed by atoms with E-state index in [-0.39, 0.29) is 5.56 Å². The smallest absolute Gasteiger partial charge is 0.266 e. The summed E-state index contributed by atoms with van der Waals surface area (Å²) in [5.74, 6) is 1.84. The number of imidazole rings is 1. The van der Waals surface area contributed by atoms with Gasteiger partial charge in [0.15, 0.2) is 22.4 Å². The first-order chi connectivity index (χ1) is 27.1. The fourth-order valence-corrected chi connectivity index (χ4v) is 8.48. The van der Waals surface area contributed by atoms with Gasteiger partial charge in [-0.2, -0.15) is 0 Å². The molecule has 0 N–H and O–H groups in total. The van der Waals surface area contributed by atoms with Gasteiger partial charge in [0, 0.05) is 32.2 Å². The fourth-order valence-electron chi connectivity index (χ4n) is 7.46. The number of nitrogens with zero attached hydrogens (tertiary/aromatic N) is 5. The predicted octanol–water partition coefficient (Wildman–Crippen LogP) is 11.5. The monoisotopic (exact) mass is 725 g/mol. The molecule has 11 aromatic rings. The van der Waals surface area contributed by atoms with Crippen LogP contribution in [0.4, 0.5) is 0 Å². The van der Waals surface area contributed by atoms with Crippen LogP contribution in [0.5, 0.6) is 0 Å². The van der Waals surface area contributed by atoms with Crippen LogP contribution in [0, 0.1) is 0 Å². The molecule has 4 aromatic heterocycles. The molecule has 258 valence electrons. The van der Waals surface area contributed by atoms with Crippen molar-refractivity contribution in [3.05, 3.63) is 174 Å². The molecule has 0 amide bonds. The van der Waals surface area contributed by atoms with E-state index >= 15 is 0 Å². The summed E-state index contributed by atoms with van der Waals surface area (Å²) >= 11 is 1.52. The molecule has 0 radical (unpaired) electrons. The van der Waals surface area contributed by atoms with Crippen molar-refractivity contribution in [2.45, 2.75) is 0 Å². The van der Waals surface area contributed by atoms with Crippen LogP contribution in [-0.4, -0.2) is 24.3 Å². The molecule has 55 heavy (non-hydrogen) atoms. The van der Waals surface area contributed by atoms with Crippen molar-refractivity contribution in [3.63, 3.8) is 0 Å². The highest BCUT2D eigenvalue weighted by atomic mass is 32.1. The largest absolute Gasteiger partial charge is 0.456 e. The first-order valence-corrected chi connectivity index (χ1v) is 18.7. The zero-order valence-electron chi connectivity index (χ0n) is 29.0. The Morgan fingerprint density at radius 1 is 0.473 bits per heavy atom. The second-order valence-corrected chi connectivity index (χ2v) is 14.5. The molecule has 0 aliphatic carbocycles. The molecule has 0 atom stereocenters. The van der Waals surface area contributed by atoms with Crippen LogP contribution in [0.25, 0.3) is 104 Å². The summed E-state index contributed by atoms with van der Waals surface area (Å²) in [4.78, 5) is 34.0. The maximum atomic E-state index is 13.7. The Labute approximate surface area is 317 Å². The van der Waals surface area contributed by atoms with E-state index in [2.05, 4.69) is 42.5 Å². The summed E-state index contributed by atoms with van der Waals surface area (Å²) in [5, 5.41) is 2.70. The molecule has 8 heteroatoms. The van der Waals surface area contributed by atoms with E-state index in [4.69, 9.17) is 24.4 Å². The maximum Gasteiger partial charge on any atom is 0.266 e. The van der Waals surface area contributed by atoms with Crippen LogP contribution in [-0.2, 0) is 0 Å². The summed E-state index contributed by atoms with van der Waals surface area (Å²) in [6, 6.07) is 54.6. The number of hydrogen-bond donors (Lipinski definition) is 0. The van der Waals surface area contributed by atoms with E-state index in [0.29, 0.717) is 27.8 Å². The van der Waals surface area contributed by atoms with E-state index < -0.39 is 0 Å². The van der Waals surface area contributed by atoms with Gasteiger partial charge in [0.05, 0.1) is 16.4 Å². The Kier molecular flexibility index (Phi) is 7.05. The van der Waals surface area contributed by atoms with Crippen LogP contribution in [0.15, 0.2) is 173 Å². The Morgan fingerprint density at radius 3 is 1.89 bits per heavy atom. The highest BCUT2D eigenvalue weighted by molar-refractivity contribution is 7.23. The molecule has 0 bridgehead atoms. The standard InChI is InChI=1S/C47H27N5O2S/c53-46-35-17-7-8-20-41(35)55-47-48-37-23-21-32(27-38(37)52(46)47)34-18-10-19-40-42(34)36-26-31(22-24-39(36)54-40)30-15-9-16-33(25-30)45-50-43(28-11-3-1-4-12-28)49-44(51-45)29-13-5-2-6-14-29/h1-27H. The molecular weight excluding hydrogens is 699 g/mol. The molecule has 0 unspecified atom stereocenters. The summed E-state index contributed by atoms with van der Waals surface area (Å²) < 4.78 is 9.09. The molecule has 4 heterocycles. The number of aromatic nitrogens is 5. The second kappa shape index (κ2) is 12.4. The van der Waals surface area contributed by atoms with Crippen LogP contribution in [0.2, 0.25) is 0 Å². The van der Waals surface area contributed by atoms with Gasteiger partial charge in [0.25, 0.3) is 5.56 Å². The van der Waals surface area contributed by atoms with Crippen LogP contribution >= 0.6 is 11.3 Å². The minimum absolute atomic E-state index is 0.0624. The normalized spacial score (nSPS) is 11.7. The summed E-state index contributed by atoms with van der Waals surface area (Å²) in [5.41, 5.74) is 9.89. The molecule has 0 saturated carbocycles. The lowest BCUT2D eigenvalue weighted by molar-refractivity contribution is 0.669. The molecule has 0 aliphatic heterocycles. The van der Waals surface area contributed by atoms with Gasteiger partial charge in [-0.15, -0.1) is 0 Å². The summed E-state index contributed by atoms with van der Waals surface area (Å²) in [7, 11) is 0. The first kappa shape index (κ1) is 31.3. The third-order valence-electron chi connectivity index (χ3n) is 10.1. The lowest BCUT2D eigenvalue weighted by Gasteiger charge is -2.10. The Hall–Kier alpha value is -7.29. The van der Waals surface area contributed by atoms with Crippen LogP contribution in [0.3, 0.4) is 0 Å². The third-order valence-corrected chi connectivity index (χ3v) is 11.1. The number of furan rings is 1. The number of benzene rings is 7. The van der Waals surface area contributed by atoms with E-state index in [1.165, 1.54) is 11.3 Å². The van der Waals surface area contributed by atoms with Crippen molar-refractivity contribution >= 4 is 59.4 Å². The van der Waals surface area contributed by atoms with Crippen LogP contribution in [0.1, 0.15) is 0 Å². The Bertz CT molecular complexity index is 3290. The topological polar surface area (TPSA) is 86.2 Å². The number of fused-ring (bicyclic) bond motifs is 7. The molecule has 7 nitrogen and oxygen atoms in total. The molecular formula is C47H27N5O2S. The van der Waals surface area contributed by atoms with Gasteiger partial charge in [-0.1, -0.05) is 127 Å². The Morgan fingerprint density at radius 2 is 1.11 bits per heavy atom. The average molecular weight is 726 g/mol. The SMILES string of the molecule is O=c1c2ccccc2sc2nc3ccc(-c4cccc5oc6ccc(-c7cccc(-c8nc(-c9ccccc9)nc(-c9ccccc9)n8)c7)cc6c45)cc3n12. The van der Waals surface area contributed by atoms with E-state index in [1.807, 2.05) is 121 Å². The van der Waals surface area contributed by atoms with Crippen molar-refractivity contribution in [3.8, 4) is 56.4 Å². The minimum atomic E-state index is -0.0624. The van der Waals surface area contributed by atoms with Crippen molar-refractivity contribution < 1.29 is 4.42 Å². The lowest BCUT2D eigenvalue weighted by Crippen LogP contribution is -2.11. The number of hydrogen-bond acceptors (Lipinski definition) is 7. The zero-order chi connectivity index (χ0) is 36.5. The molecule has 0 aliphatic rings. The third kappa shape index (κ3) is 5.22. The lowest BCUT2D eigenvalue weighted by atomic mass is 9.96. The zero-order valence-corrected chi connectivity index (χ0v) is 29.9. The van der Waals surface area contributed by atoms with Crippen LogP contribution < -0.4 is 5.56 Å². The molecule has 7 aromatic carbocycles. The average Bonchev–Trinajstić information content (AvgIpc) is 3.82. The first-order valence-electron chi connectivity index (χ1n) is 17.9. The van der Waals surface area contributed by atoms with Crippen molar-refractivity contribution in [1.29, 1.82) is 0 Å². The summed E-state index contributed by atoms with van der Waals surface area (Å²) in [6.07, 6.45) is 0. The molecule has 0 spiro atoms. The quantitative estimate of drug-likeness (QED) is 0.176. The fraction of sp³-hybridized carbons (Fsp3) is 0.